The summed E-state index contributed by atoms with van der Waals surface area (Å²) in [4.78, 5) is 4.25. The summed E-state index contributed by atoms with van der Waals surface area (Å²) in [6.45, 7) is 1.71. The number of aryl methyl sites for hydroxylation is 1. The maximum atomic E-state index is 4.25. The average Bonchev–Trinajstić information content (AvgIpc) is 3.12. The fourth-order valence-electron chi connectivity index (χ4n) is 2.63. The first-order chi connectivity index (χ1) is 9.36. The molecule has 0 aromatic carbocycles. The van der Waals surface area contributed by atoms with Crippen molar-refractivity contribution < 1.29 is 0 Å². The van der Waals surface area contributed by atoms with E-state index in [9.17, 15) is 0 Å². The van der Waals surface area contributed by atoms with Gasteiger partial charge in [0.15, 0.2) is 11.8 Å². The van der Waals surface area contributed by atoms with E-state index in [0.717, 1.165) is 43.4 Å². The third-order valence-corrected chi connectivity index (χ3v) is 3.67. The Balaban J connectivity index is 0.00000147. The second-order valence-electron chi connectivity index (χ2n) is 5.00. The lowest BCUT2D eigenvalue weighted by molar-refractivity contribution is 0.619. The molecule has 1 aromatic heterocycles. The smallest absolute Gasteiger partial charge is 0.191 e. The molecule has 2 aliphatic rings. The molecule has 1 aliphatic heterocycles. The second-order valence-corrected chi connectivity index (χ2v) is 5.00. The number of nitrogens with one attached hydrogen (secondary N) is 2. The summed E-state index contributed by atoms with van der Waals surface area (Å²) in [6, 6.07) is 0.468. The van der Waals surface area contributed by atoms with Gasteiger partial charge >= 0.3 is 0 Å². The van der Waals surface area contributed by atoms with Crippen LogP contribution in [0.2, 0.25) is 0 Å². The van der Waals surface area contributed by atoms with Crippen LogP contribution >= 0.6 is 24.0 Å². The Morgan fingerprint density at radius 1 is 1.40 bits per heavy atom. The van der Waals surface area contributed by atoms with Gasteiger partial charge in [0.2, 0.25) is 0 Å². The van der Waals surface area contributed by atoms with Crippen molar-refractivity contribution in [2.24, 2.45) is 4.99 Å². The lowest BCUT2D eigenvalue weighted by Crippen LogP contribution is -2.42. The number of halogens is 1. The molecule has 0 radical (unpaired) electrons. The third kappa shape index (κ3) is 3.31. The van der Waals surface area contributed by atoms with Gasteiger partial charge in [-0.2, -0.15) is 0 Å². The maximum absolute atomic E-state index is 4.25. The Bertz CT molecular complexity index is 499. The summed E-state index contributed by atoms with van der Waals surface area (Å²) in [6.07, 6.45) is 8.78. The normalized spacial score (nSPS) is 17.9. The molecule has 2 N–H and O–H groups in total. The zero-order valence-corrected chi connectivity index (χ0v) is 14.0. The van der Waals surface area contributed by atoms with Crippen molar-refractivity contribution >= 4 is 29.9 Å². The highest BCUT2D eigenvalue weighted by Gasteiger charge is 2.17. The minimum absolute atomic E-state index is 0. The number of rotatable bonds is 3. The van der Waals surface area contributed by atoms with Crippen molar-refractivity contribution in [2.45, 2.75) is 44.8 Å². The molecule has 20 heavy (non-hydrogen) atoms. The molecule has 1 aliphatic carbocycles. The Labute approximate surface area is 136 Å². The Hall–Kier alpha value is -1.12. The molecule has 2 heterocycles. The van der Waals surface area contributed by atoms with Gasteiger partial charge in [0, 0.05) is 26.1 Å². The molecule has 6 nitrogen and oxygen atoms in total. The molecule has 0 unspecified atom stereocenters. The first-order valence-electron chi connectivity index (χ1n) is 6.90. The summed E-state index contributed by atoms with van der Waals surface area (Å²) in [7, 11) is 1.80. The predicted octanol–water partition coefficient (Wildman–Crippen LogP) is 1.23. The van der Waals surface area contributed by atoms with Crippen LogP contribution in [0.3, 0.4) is 0 Å². The van der Waals surface area contributed by atoms with Gasteiger partial charge in [-0.25, -0.2) is 0 Å². The van der Waals surface area contributed by atoms with Crippen LogP contribution in [-0.4, -0.2) is 33.8 Å². The largest absolute Gasteiger partial charge is 0.353 e. The summed E-state index contributed by atoms with van der Waals surface area (Å²) >= 11 is 0. The molecule has 3 rings (SSSR count). The molecule has 0 spiro atoms. The van der Waals surface area contributed by atoms with E-state index in [1.165, 1.54) is 6.42 Å². The molecule has 0 saturated heterocycles. The number of aliphatic imine (C=N–C) groups is 1. The third-order valence-electron chi connectivity index (χ3n) is 3.67. The van der Waals surface area contributed by atoms with Crippen molar-refractivity contribution in [3.8, 4) is 0 Å². The number of nitrogens with zero attached hydrogens (tertiary/aromatic N) is 4. The van der Waals surface area contributed by atoms with Crippen molar-refractivity contribution in [3.63, 3.8) is 0 Å². The predicted molar refractivity (Wildman–Crippen MR) is 89.3 cm³/mol. The van der Waals surface area contributed by atoms with E-state index >= 15 is 0 Å². The summed E-state index contributed by atoms with van der Waals surface area (Å²) in [5, 5.41) is 15.2. The van der Waals surface area contributed by atoms with E-state index in [1.54, 1.807) is 7.05 Å². The highest BCUT2D eigenvalue weighted by molar-refractivity contribution is 14.0. The van der Waals surface area contributed by atoms with Crippen molar-refractivity contribution in [1.29, 1.82) is 0 Å². The van der Waals surface area contributed by atoms with Gasteiger partial charge in [0.1, 0.15) is 5.82 Å². The van der Waals surface area contributed by atoms with Crippen LogP contribution in [0, 0.1) is 0 Å². The van der Waals surface area contributed by atoms with Gasteiger partial charge in [-0.1, -0.05) is 12.2 Å². The van der Waals surface area contributed by atoms with E-state index in [4.69, 9.17) is 0 Å². The van der Waals surface area contributed by atoms with Gasteiger partial charge in [-0.3, -0.25) is 4.99 Å². The monoisotopic (exact) mass is 388 g/mol. The molecule has 0 fully saturated rings. The van der Waals surface area contributed by atoms with Gasteiger partial charge in [0.25, 0.3) is 0 Å². The van der Waals surface area contributed by atoms with Gasteiger partial charge in [-0.05, 0) is 19.3 Å². The van der Waals surface area contributed by atoms with Crippen LogP contribution in [0.5, 0.6) is 0 Å². The minimum atomic E-state index is 0. The zero-order valence-electron chi connectivity index (χ0n) is 11.7. The Morgan fingerprint density at radius 2 is 2.20 bits per heavy atom. The first-order valence-corrected chi connectivity index (χ1v) is 6.90. The molecule has 0 bridgehead atoms. The van der Waals surface area contributed by atoms with Crippen LogP contribution in [0.15, 0.2) is 17.1 Å². The highest BCUT2D eigenvalue weighted by atomic mass is 127. The molecular weight excluding hydrogens is 367 g/mol. The fraction of sp³-hybridized carbons (Fsp3) is 0.615. The van der Waals surface area contributed by atoms with Crippen molar-refractivity contribution in [3.05, 3.63) is 23.8 Å². The number of hydrogen-bond donors (Lipinski definition) is 2. The molecule has 110 valence electrons. The molecule has 7 heteroatoms. The van der Waals surface area contributed by atoms with Gasteiger partial charge in [0.05, 0.1) is 6.54 Å². The van der Waals surface area contributed by atoms with E-state index in [2.05, 4.69) is 42.5 Å². The summed E-state index contributed by atoms with van der Waals surface area (Å²) in [5.41, 5.74) is 0. The van der Waals surface area contributed by atoms with E-state index in [1.807, 2.05) is 0 Å². The quantitative estimate of drug-likeness (QED) is 0.354. The lowest BCUT2D eigenvalue weighted by atomic mass is 10.2. The second kappa shape index (κ2) is 7.05. The van der Waals surface area contributed by atoms with Crippen molar-refractivity contribution in [1.82, 2.24) is 25.4 Å². The Kier molecular flexibility index (Phi) is 5.38. The molecule has 0 amide bonds. The van der Waals surface area contributed by atoms with E-state index < -0.39 is 0 Å². The van der Waals surface area contributed by atoms with Gasteiger partial charge < -0.3 is 15.2 Å². The maximum Gasteiger partial charge on any atom is 0.191 e. The van der Waals surface area contributed by atoms with E-state index in [-0.39, 0.29) is 24.0 Å². The topological polar surface area (TPSA) is 67.1 Å². The first kappa shape index (κ1) is 15.3. The van der Waals surface area contributed by atoms with Crippen LogP contribution in [-0.2, 0) is 19.5 Å². The zero-order chi connectivity index (χ0) is 13.1. The number of hydrogen-bond acceptors (Lipinski definition) is 3. The minimum Gasteiger partial charge on any atom is -0.353 e. The lowest BCUT2D eigenvalue weighted by Gasteiger charge is -2.16. The molecule has 1 aromatic rings. The Morgan fingerprint density at radius 3 is 2.95 bits per heavy atom. The number of fused-ring (bicyclic) bond motifs is 1. The number of guanidine groups is 1. The van der Waals surface area contributed by atoms with Gasteiger partial charge in [-0.15, -0.1) is 34.2 Å². The summed E-state index contributed by atoms with van der Waals surface area (Å²) < 4.78 is 2.21. The van der Waals surface area contributed by atoms with Crippen LogP contribution < -0.4 is 10.6 Å². The number of aromatic nitrogens is 3. The van der Waals surface area contributed by atoms with Crippen molar-refractivity contribution in [2.75, 3.05) is 7.05 Å². The van der Waals surface area contributed by atoms with Crippen LogP contribution in [0.25, 0.3) is 0 Å². The average molecular weight is 388 g/mol. The molecule has 0 atom stereocenters. The van der Waals surface area contributed by atoms with E-state index in [0.29, 0.717) is 12.6 Å². The summed E-state index contributed by atoms with van der Waals surface area (Å²) in [5.74, 6) is 2.95. The van der Waals surface area contributed by atoms with Crippen LogP contribution in [0.1, 0.15) is 30.9 Å². The molecular formula is C13H21IN6. The standard InChI is InChI=1S/C13H20N6.HI/c1-14-13(16-10-5-2-3-6-10)15-9-12-18-17-11-7-4-8-19(11)12;/h2-3,10H,4-9H2,1H3,(H2,14,15,16);1H. The SMILES string of the molecule is CN=C(NCc1nnc2n1CCC2)NC1CC=CC1.I. The highest BCUT2D eigenvalue weighted by Crippen LogP contribution is 2.13. The van der Waals surface area contributed by atoms with Crippen LogP contribution in [0.4, 0.5) is 0 Å². The molecule has 0 saturated carbocycles. The fourth-order valence-corrected chi connectivity index (χ4v) is 2.63.